The summed E-state index contributed by atoms with van der Waals surface area (Å²) in [6.07, 6.45) is 4.68. The van der Waals surface area contributed by atoms with Crippen LogP contribution in [0.2, 0.25) is 0 Å². The minimum absolute atomic E-state index is 0.0635. The molecule has 0 bridgehead atoms. The molecule has 134 valence electrons. The van der Waals surface area contributed by atoms with Gasteiger partial charge in [-0.15, -0.1) is 5.10 Å². The van der Waals surface area contributed by atoms with Gasteiger partial charge in [-0.25, -0.2) is 4.68 Å². The number of nitrogens with zero attached hydrogens (tertiary/aromatic N) is 4. The van der Waals surface area contributed by atoms with Crippen molar-refractivity contribution in [3.05, 3.63) is 11.9 Å². The van der Waals surface area contributed by atoms with Gasteiger partial charge in [-0.05, 0) is 39.3 Å². The molecule has 2 unspecified atom stereocenters. The molecule has 1 aliphatic carbocycles. The van der Waals surface area contributed by atoms with Gasteiger partial charge < -0.3 is 15.0 Å². The fraction of sp³-hybridized carbons (Fsp3) is 0.824. The number of ether oxygens (including phenoxy) is 1. The Morgan fingerprint density at radius 3 is 2.62 bits per heavy atom. The highest BCUT2D eigenvalue weighted by Gasteiger charge is 2.60. The third kappa shape index (κ3) is 2.63. The van der Waals surface area contributed by atoms with Gasteiger partial charge in [0, 0.05) is 25.6 Å². The topological polar surface area (TPSA) is 72.3 Å². The van der Waals surface area contributed by atoms with Gasteiger partial charge in [0.1, 0.15) is 0 Å². The Morgan fingerprint density at radius 2 is 2.04 bits per heavy atom. The lowest BCUT2D eigenvalue weighted by atomic mass is 9.55. The van der Waals surface area contributed by atoms with Crippen LogP contribution >= 0.6 is 0 Å². The first kappa shape index (κ1) is 17.4. The Bertz CT molecular complexity index is 608. The minimum atomic E-state index is -0.196. The van der Waals surface area contributed by atoms with E-state index in [1.165, 1.54) is 0 Å². The summed E-state index contributed by atoms with van der Waals surface area (Å²) < 4.78 is 7.52. The monoisotopic (exact) mass is 335 g/mol. The second kappa shape index (κ2) is 6.11. The molecule has 2 aliphatic rings. The number of piperidine rings is 1. The molecule has 1 N–H and O–H groups in total. The maximum atomic E-state index is 12.8. The van der Waals surface area contributed by atoms with Crippen molar-refractivity contribution >= 4 is 5.91 Å². The zero-order valence-corrected chi connectivity index (χ0v) is 15.4. The highest BCUT2D eigenvalue weighted by atomic mass is 16.5. The molecule has 7 nitrogen and oxygen atoms in total. The van der Waals surface area contributed by atoms with E-state index in [4.69, 9.17) is 4.74 Å². The van der Waals surface area contributed by atoms with Crippen LogP contribution in [0.1, 0.15) is 56.6 Å². The summed E-state index contributed by atoms with van der Waals surface area (Å²) in [7, 11) is 3.60. The van der Waals surface area contributed by atoms with Crippen molar-refractivity contribution < 1.29 is 9.53 Å². The molecule has 0 aromatic carbocycles. The molecule has 7 heteroatoms. The zero-order chi connectivity index (χ0) is 17.5. The first-order valence-corrected chi connectivity index (χ1v) is 8.75. The Morgan fingerprint density at radius 1 is 1.38 bits per heavy atom. The number of amides is 1. The second-order valence-electron chi connectivity index (χ2n) is 7.86. The number of aromatic nitrogens is 3. The van der Waals surface area contributed by atoms with Crippen LogP contribution in [0, 0.1) is 5.41 Å². The number of carbonyl (C=O) groups excluding carboxylic acids is 1. The van der Waals surface area contributed by atoms with E-state index in [0.29, 0.717) is 11.7 Å². The van der Waals surface area contributed by atoms with E-state index in [1.54, 1.807) is 18.2 Å². The van der Waals surface area contributed by atoms with Gasteiger partial charge in [-0.1, -0.05) is 19.1 Å². The summed E-state index contributed by atoms with van der Waals surface area (Å²) in [5.74, 6) is -0.0635. The Labute approximate surface area is 143 Å². The molecular formula is C17H29N5O2. The maximum absolute atomic E-state index is 12.8. The highest BCUT2D eigenvalue weighted by molar-refractivity contribution is 5.92. The molecule has 0 radical (unpaired) electrons. The predicted molar refractivity (Wildman–Crippen MR) is 90.9 cm³/mol. The average Bonchev–Trinajstić information content (AvgIpc) is 3.08. The van der Waals surface area contributed by atoms with Crippen LogP contribution in [0.3, 0.4) is 0 Å². The number of hydrogen-bond acceptors (Lipinski definition) is 5. The van der Waals surface area contributed by atoms with Gasteiger partial charge in [0.25, 0.3) is 5.91 Å². The van der Waals surface area contributed by atoms with Gasteiger partial charge >= 0.3 is 0 Å². The predicted octanol–water partition coefficient (Wildman–Crippen LogP) is 1.48. The van der Waals surface area contributed by atoms with Crippen molar-refractivity contribution in [3.63, 3.8) is 0 Å². The van der Waals surface area contributed by atoms with Crippen molar-refractivity contribution in [2.75, 3.05) is 27.2 Å². The summed E-state index contributed by atoms with van der Waals surface area (Å²) in [4.78, 5) is 14.6. The van der Waals surface area contributed by atoms with E-state index in [1.807, 2.05) is 11.7 Å². The maximum Gasteiger partial charge on any atom is 0.276 e. The Kier molecular flexibility index (Phi) is 4.42. The van der Waals surface area contributed by atoms with Gasteiger partial charge in [-0.2, -0.15) is 0 Å². The van der Waals surface area contributed by atoms with Crippen molar-refractivity contribution in [1.82, 2.24) is 25.2 Å². The number of rotatable bonds is 4. The third-order valence-corrected chi connectivity index (χ3v) is 6.43. The molecule has 0 spiro atoms. The smallest absolute Gasteiger partial charge is 0.276 e. The molecule has 1 amide bonds. The second-order valence-corrected chi connectivity index (χ2v) is 7.86. The quantitative estimate of drug-likeness (QED) is 0.902. The molecule has 2 fully saturated rings. The summed E-state index contributed by atoms with van der Waals surface area (Å²) in [5, 5.41) is 11.7. The molecule has 1 aliphatic heterocycles. The molecular weight excluding hydrogens is 306 g/mol. The number of nitrogens with one attached hydrogen (secondary N) is 1. The van der Waals surface area contributed by atoms with Crippen LogP contribution < -0.4 is 5.32 Å². The van der Waals surface area contributed by atoms with E-state index in [9.17, 15) is 4.79 Å². The molecule has 1 saturated heterocycles. The van der Waals surface area contributed by atoms with E-state index in [-0.39, 0.29) is 23.0 Å². The summed E-state index contributed by atoms with van der Waals surface area (Å²) in [5.41, 5.74) is 0.133. The summed E-state index contributed by atoms with van der Waals surface area (Å²) >= 11 is 0. The fourth-order valence-electron chi connectivity index (χ4n) is 4.02. The normalized spacial score (nSPS) is 30.0. The van der Waals surface area contributed by atoms with Crippen LogP contribution in [0.4, 0.5) is 0 Å². The fourth-order valence-corrected chi connectivity index (χ4v) is 4.02. The lowest BCUT2D eigenvalue weighted by Gasteiger charge is -2.61. The van der Waals surface area contributed by atoms with Gasteiger partial charge in [0.2, 0.25) is 0 Å². The van der Waals surface area contributed by atoms with Crippen molar-refractivity contribution in [2.24, 2.45) is 5.41 Å². The van der Waals surface area contributed by atoms with Gasteiger partial charge in [0.15, 0.2) is 5.69 Å². The summed E-state index contributed by atoms with van der Waals surface area (Å²) in [6.45, 7) is 8.38. The van der Waals surface area contributed by atoms with Crippen LogP contribution in [0.5, 0.6) is 0 Å². The molecule has 2 heterocycles. The lowest BCUT2D eigenvalue weighted by Crippen LogP contribution is -2.68. The molecule has 3 rings (SSSR count). The van der Waals surface area contributed by atoms with Crippen LogP contribution in [0.25, 0.3) is 0 Å². The molecule has 24 heavy (non-hydrogen) atoms. The van der Waals surface area contributed by atoms with Crippen LogP contribution in [-0.4, -0.2) is 64.7 Å². The minimum Gasteiger partial charge on any atom is -0.378 e. The Balaban J connectivity index is 1.70. The number of carbonyl (C=O) groups is 1. The average molecular weight is 335 g/mol. The first-order valence-electron chi connectivity index (χ1n) is 8.75. The largest absolute Gasteiger partial charge is 0.378 e. The third-order valence-electron chi connectivity index (χ3n) is 6.43. The Hall–Kier alpha value is -1.47. The van der Waals surface area contributed by atoms with Gasteiger partial charge in [-0.3, -0.25) is 4.79 Å². The van der Waals surface area contributed by atoms with Crippen molar-refractivity contribution in [1.29, 1.82) is 0 Å². The number of hydrogen-bond donors (Lipinski definition) is 1. The van der Waals surface area contributed by atoms with E-state index < -0.39 is 0 Å². The molecule has 1 aromatic heterocycles. The standard InChI is InChI=1S/C17H29N5O2/c1-16(2)14(10-17(16,3)24-5)21(4)15(23)13-11-22(20-19-13)12-6-8-18-9-7-12/h11-12,14,18H,6-10H2,1-5H3. The number of methoxy groups -OCH3 is 1. The first-order chi connectivity index (χ1) is 11.3. The highest BCUT2D eigenvalue weighted by Crippen LogP contribution is 2.53. The lowest BCUT2D eigenvalue weighted by molar-refractivity contribution is -0.198. The SMILES string of the molecule is COC1(C)CC(N(C)C(=O)c2cn(C3CCNCC3)nn2)C1(C)C. The van der Waals surface area contributed by atoms with Crippen molar-refractivity contribution in [3.8, 4) is 0 Å². The van der Waals surface area contributed by atoms with Crippen LogP contribution in [-0.2, 0) is 4.74 Å². The summed E-state index contributed by atoms with van der Waals surface area (Å²) in [6, 6.07) is 0.474. The zero-order valence-electron chi connectivity index (χ0n) is 15.4. The van der Waals surface area contributed by atoms with Gasteiger partial charge in [0.05, 0.1) is 17.8 Å². The molecule has 2 atom stereocenters. The molecule has 1 saturated carbocycles. The van der Waals surface area contributed by atoms with E-state index in [2.05, 4.69) is 36.4 Å². The molecule has 1 aromatic rings. The van der Waals surface area contributed by atoms with Crippen molar-refractivity contribution in [2.45, 2.75) is 57.7 Å². The van der Waals surface area contributed by atoms with E-state index >= 15 is 0 Å². The van der Waals surface area contributed by atoms with E-state index in [0.717, 1.165) is 32.4 Å². The van der Waals surface area contributed by atoms with Crippen LogP contribution in [0.15, 0.2) is 6.20 Å².